The molecule has 0 unspecified atom stereocenters. The van der Waals surface area contributed by atoms with Crippen molar-refractivity contribution in [3.63, 3.8) is 0 Å². The number of nitrogens with zero attached hydrogens (tertiary/aromatic N) is 3. The molecule has 1 aromatic heterocycles. The molecule has 1 fully saturated rings. The minimum Gasteiger partial charge on any atom is -0.354 e. The number of benzene rings is 1. The molecular formula is C17H18Cl2N4O. The first-order valence-electron chi connectivity index (χ1n) is 7.69. The van der Waals surface area contributed by atoms with E-state index in [-0.39, 0.29) is 5.91 Å². The van der Waals surface area contributed by atoms with E-state index < -0.39 is 0 Å². The van der Waals surface area contributed by atoms with Crippen LogP contribution in [-0.4, -0.2) is 49.0 Å². The fourth-order valence-electron chi connectivity index (χ4n) is 2.55. The highest BCUT2D eigenvalue weighted by atomic mass is 35.5. The summed E-state index contributed by atoms with van der Waals surface area (Å²) in [6.45, 7) is 3.89. The zero-order chi connectivity index (χ0) is 17.1. The molecule has 1 aliphatic heterocycles. The number of anilines is 2. The molecule has 0 atom stereocenters. The Kier molecular flexibility index (Phi) is 5.23. The van der Waals surface area contributed by atoms with Crippen molar-refractivity contribution in [1.82, 2.24) is 9.88 Å². The number of pyridine rings is 1. The maximum Gasteiger partial charge on any atom is 0.257 e. The summed E-state index contributed by atoms with van der Waals surface area (Å²) in [7, 11) is 2.11. The van der Waals surface area contributed by atoms with Crippen LogP contribution in [0, 0.1) is 0 Å². The van der Waals surface area contributed by atoms with Crippen molar-refractivity contribution >= 4 is 40.6 Å². The number of para-hydroxylation sites is 1. The van der Waals surface area contributed by atoms with E-state index in [1.54, 1.807) is 30.5 Å². The SMILES string of the molecule is CN1CCN(c2ccc(C(=O)Nc3c(Cl)cccc3Cl)cn2)CC1. The van der Waals surface area contributed by atoms with Crippen LogP contribution < -0.4 is 10.2 Å². The summed E-state index contributed by atoms with van der Waals surface area (Å²) >= 11 is 12.1. The van der Waals surface area contributed by atoms with Crippen molar-refractivity contribution in [2.24, 2.45) is 0 Å². The average Bonchev–Trinajstić information content (AvgIpc) is 2.59. The summed E-state index contributed by atoms with van der Waals surface area (Å²) in [5, 5.41) is 3.54. The minimum atomic E-state index is -0.289. The summed E-state index contributed by atoms with van der Waals surface area (Å²) in [5.41, 5.74) is 0.873. The van der Waals surface area contributed by atoms with Crippen LogP contribution in [0.1, 0.15) is 10.4 Å². The van der Waals surface area contributed by atoms with Crippen molar-refractivity contribution in [3.05, 3.63) is 52.1 Å². The molecule has 0 bridgehead atoms. The van der Waals surface area contributed by atoms with Gasteiger partial charge in [-0.2, -0.15) is 0 Å². The fourth-order valence-corrected chi connectivity index (χ4v) is 3.04. The fraction of sp³-hybridized carbons (Fsp3) is 0.294. The van der Waals surface area contributed by atoms with Gasteiger partial charge in [-0.3, -0.25) is 4.79 Å². The number of hydrogen-bond acceptors (Lipinski definition) is 4. The topological polar surface area (TPSA) is 48.5 Å². The highest BCUT2D eigenvalue weighted by Gasteiger charge is 2.16. The van der Waals surface area contributed by atoms with Crippen molar-refractivity contribution in [2.75, 3.05) is 43.4 Å². The van der Waals surface area contributed by atoms with Crippen LogP contribution in [0.3, 0.4) is 0 Å². The third-order valence-corrected chi connectivity index (χ3v) is 4.67. The van der Waals surface area contributed by atoms with Crippen LogP contribution in [-0.2, 0) is 0 Å². The first-order valence-corrected chi connectivity index (χ1v) is 8.45. The van der Waals surface area contributed by atoms with E-state index in [1.807, 2.05) is 6.07 Å². The highest BCUT2D eigenvalue weighted by Crippen LogP contribution is 2.30. The Morgan fingerprint density at radius 1 is 1.08 bits per heavy atom. The van der Waals surface area contributed by atoms with Gasteiger partial charge in [-0.1, -0.05) is 29.3 Å². The Morgan fingerprint density at radius 2 is 1.75 bits per heavy atom. The highest BCUT2D eigenvalue weighted by molar-refractivity contribution is 6.40. The Balaban J connectivity index is 1.70. The molecular weight excluding hydrogens is 347 g/mol. The van der Waals surface area contributed by atoms with E-state index in [0.717, 1.165) is 32.0 Å². The predicted octanol–water partition coefficient (Wildman–Crippen LogP) is 3.39. The number of nitrogens with one attached hydrogen (secondary N) is 1. The van der Waals surface area contributed by atoms with E-state index in [4.69, 9.17) is 23.2 Å². The average molecular weight is 365 g/mol. The molecule has 0 radical (unpaired) electrons. The lowest BCUT2D eigenvalue weighted by Crippen LogP contribution is -2.44. The molecule has 0 aliphatic carbocycles. The monoisotopic (exact) mass is 364 g/mol. The second-order valence-corrected chi connectivity index (χ2v) is 6.56. The van der Waals surface area contributed by atoms with Crippen LogP contribution in [0.4, 0.5) is 11.5 Å². The van der Waals surface area contributed by atoms with Gasteiger partial charge in [0.25, 0.3) is 5.91 Å². The summed E-state index contributed by atoms with van der Waals surface area (Å²) in [5.74, 6) is 0.595. The number of likely N-dealkylation sites (N-methyl/N-ethyl adjacent to an activating group) is 1. The normalized spacial score (nSPS) is 15.4. The number of amides is 1. The number of carbonyl (C=O) groups excluding carboxylic acids is 1. The van der Waals surface area contributed by atoms with Crippen molar-refractivity contribution in [1.29, 1.82) is 0 Å². The maximum atomic E-state index is 12.4. The Bertz CT molecular complexity index is 708. The zero-order valence-corrected chi connectivity index (χ0v) is 14.8. The molecule has 2 heterocycles. The van der Waals surface area contributed by atoms with Gasteiger partial charge in [-0.15, -0.1) is 0 Å². The van der Waals surface area contributed by atoms with Crippen LogP contribution in [0.15, 0.2) is 36.5 Å². The van der Waals surface area contributed by atoms with E-state index in [2.05, 4.69) is 27.1 Å². The van der Waals surface area contributed by atoms with Gasteiger partial charge in [0, 0.05) is 32.4 Å². The second kappa shape index (κ2) is 7.38. The molecule has 126 valence electrons. The van der Waals surface area contributed by atoms with E-state index in [0.29, 0.717) is 21.3 Å². The first kappa shape index (κ1) is 17.0. The lowest BCUT2D eigenvalue weighted by atomic mass is 10.2. The summed E-state index contributed by atoms with van der Waals surface area (Å²) in [4.78, 5) is 21.3. The maximum absolute atomic E-state index is 12.4. The van der Waals surface area contributed by atoms with Crippen LogP contribution in [0.2, 0.25) is 10.0 Å². The summed E-state index contributed by atoms with van der Waals surface area (Å²) in [6.07, 6.45) is 1.58. The smallest absolute Gasteiger partial charge is 0.257 e. The number of hydrogen-bond donors (Lipinski definition) is 1. The van der Waals surface area contributed by atoms with Gasteiger partial charge < -0.3 is 15.1 Å². The quantitative estimate of drug-likeness (QED) is 0.906. The zero-order valence-electron chi connectivity index (χ0n) is 13.3. The van der Waals surface area contributed by atoms with E-state index >= 15 is 0 Å². The minimum absolute atomic E-state index is 0.289. The molecule has 0 spiro atoms. The Labute approximate surface area is 151 Å². The molecule has 7 heteroatoms. The third-order valence-electron chi connectivity index (χ3n) is 4.04. The molecule has 3 rings (SSSR count). The predicted molar refractivity (Wildman–Crippen MR) is 98.4 cm³/mol. The molecule has 24 heavy (non-hydrogen) atoms. The number of carbonyl (C=O) groups is 1. The van der Waals surface area contributed by atoms with Gasteiger partial charge in [0.15, 0.2) is 0 Å². The van der Waals surface area contributed by atoms with Crippen molar-refractivity contribution in [2.45, 2.75) is 0 Å². The molecule has 1 amide bonds. The second-order valence-electron chi connectivity index (χ2n) is 5.75. The molecule has 5 nitrogen and oxygen atoms in total. The van der Waals surface area contributed by atoms with Crippen molar-refractivity contribution < 1.29 is 4.79 Å². The Hall–Kier alpha value is -1.82. The van der Waals surface area contributed by atoms with E-state index in [1.165, 1.54) is 0 Å². The lowest BCUT2D eigenvalue weighted by Gasteiger charge is -2.33. The van der Waals surface area contributed by atoms with Gasteiger partial charge in [0.05, 0.1) is 21.3 Å². The largest absolute Gasteiger partial charge is 0.354 e. The molecule has 1 N–H and O–H groups in total. The van der Waals surface area contributed by atoms with Gasteiger partial charge >= 0.3 is 0 Å². The van der Waals surface area contributed by atoms with Crippen molar-refractivity contribution in [3.8, 4) is 0 Å². The van der Waals surface area contributed by atoms with Crippen LogP contribution >= 0.6 is 23.2 Å². The lowest BCUT2D eigenvalue weighted by molar-refractivity contribution is 0.102. The standard InChI is InChI=1S/C17H18Cl2N4O/c1-22-7-9-23(10-8-22)15-6-5-12(11-20-15)17(24)21-16-13(18)3-2-4-14(16)19/h2-6,11H,7-10H2,1H3,(H,21,24). The number of piperazine rings is 1. The molecule has 0 saturated carbocycles. The van der Waals surface area contributed by atoms with Crippen LogP contribution in [0.5, 0.6) is 0 Å². The summed E-state index contributed by atoms with van der Waals surface area (Å²) in [6, 6.07) is 8.72. The molecule has 2 aromatic rings. The van der Waals surface area contributed by atoms with Gasteiger partial charge in [-0.05, 0) is 31.3 Å². The molecule has 1 aromatic carbocycles. The van der Waals surface area contributed by atoms with Gasteiger partial charge in [0.1, 0.15) is 5.82 Å². The van der Waals surface area contributed by atoms with E-state index in [9.17, 15) is 4.79 Å². The van der Waals surface area contributed by atoms with Gasteiger partial charge in [-0.25, -0.2) is 4.98 Å². The number of aromatic nitrogens is 1. The van der Waals surface area contributed by atoms with Gasteiger partial charge in [0.2, 0.25) is 0 Å². The number of halogens is 2. The third kappa shape index (κ3) is 3.80. The summed E-state index contributed by atoms with van der Waals surface area (Å²) < 4.78 is 0. The molecule has 1 saturated heterocycles. The van der Waals surface area contributed by atoms with Crippen LogP contribution in [0.25, 0.3) is 0 Å². The first-order chi connectivity index (χ1) is 11.5. The number of rotatable bonds is 3. The Morgan fingerprint density at radius 3 is 2.33 bits per heavy atom. The molecule has 1 aliphatic rings.